The van der Waals surface area contributed by atoms with Crippen molar-refractivity contribution in [1.82, 2.24) is 9.97 Å². The van der Waals surface area contributed by atoms with Gasteiger partial charge in [0.1, 0.15) is 16.2 Å². The van der Waals surface area contributed by atoms with Crippen LogP contribution in [-0.2, 0) is 19.3 Å². The Morgan fingerprint density at radius 2 is 1.92 bits per heavy atom. The molecule has 0 spiro atoms. The van der Waals surface area contributed by atoms with Gasteiger partial charge in [-0.1, -0.05) is 33.3 Å². The Labute approximate surface area is 158 Å². The number of benzene rings is 1. The summed E-state index contributed by atoms with van der Waals surface area (Å²) in [6, 6.07) is 6.67. The van der Waals surface area contributed by atoms with E-state index in [4.69, 9.17) is 14.7 Å². The number of halogens is 1. The number of nitrogens with zero attached hydrogens (tertiary/aromatic N) is 2. The van der Waals surface area contributed by atoms with E-state index in [1.807, 2.05) is 0 Å². The monoisotopic (exact) mass is 403 g/mol. The maximum Gasteiger partial charge on any atom is 0.148 e. The number of hydrogen-bond donors (Lipinski definition) is 1. The summed E-state index contributed by atoms with van der Waals surface area (Å²) in [4.78, 5) is 9.57. The lowest BCUT2D eigenvalue weighted by Gasteiger charge is -2.23. The molecular formula is C20H26BrN3O. The highest BCUT2D eigenvalue weighted by atomic mass is 79.9. The average Bonchev–Trinajstić information content (AvgIpc) is 2.99. The van der Waals surface area contributed by atoms with E-state index < -0.39 is 0 Å². The molecule has 2 atom stereocenters. The second-order valence-electron chi connectivity index (χ2n) is 6.52. The molecule has 134 valence electrons. The predicted octanol–water partition coefficient (Wildman–Crippen LogP) is 5.11. The number of hydrogen-bond acceptors (Lipinski definition) is 4. The molecular weight excluding hydrogens is 378 g/mol. The van der Waals surface area contributed by atoms with Gasteiger partial charge < -0.3 is 10.1 Å². The molecule has 1 N–H and O–H groups in total. The van der Waals surface area contributed by atoms with Gasteiger partial charge in [-0.25, -0.2) is 9.97 Å². The van der Waals surface area contributed by atoms with E-state index in [9.17, 15) is 0 Å². The standard InChI is InChI=1S/C20H26BrN3O/c1-5-12-10-13-8-9-14(25-4)11-15(13)18(12)24-20-17(7-3)22-19(21)16(6-2)23-20/h8-9,11-12,18H,5-7,10H2,1-4H3,(H,23,24). The van der Waals surface area contributed by atoms with Crippen LogP contribution in [0.3, 0.4) is 0 Å². The number of aromatic nitrogens is 2. The van der Waals surface area contributed by atoms with Gasteiger partial charge in [0.15, 0.2) is 0 Å². The van der Waals surface area contributed by atoms with Crippen molar-refractivity contribution in [3.8, 4) is 5.75 Å². The highest BCUT2D eigenvalue weighted by Gasteiger charge is 2.32. The smallest absolute Gasteiger partial charge is 0.148 e. The van der Waals surface area contributed by atoms with Gasteiger partial charge in [0.05, 0.1) is 24.5 Å². The summed E-state index contributed by atoms with van der Waals surface area (Å²) in [5.74, 6) is 2.39. The molecule has 4 nitrogen and oxygen atoms in total. The van der Waals surface area contributed by atoms with Gasteiger partial charge >= 0.3 is 0 Å². The van der Waals surface area contributed by atoms with Gasteiger partial charge in [0.2, 0.25) is 0 Å². The molecule has 1 aliphatic carbocycles. The number of nitrogens with one attached hydrogen (secondary N) is 1. The molecule has 0 radical (unpaired) electrons. The Bertz CT molecular complexity index is 763. The van der Waals surface area contributed by atoms with E-state index in [2.05, 4.69) is 60.2 Å². The summed E-state index contributed by atoms with van der Waals surface area (Å²) >= 11 is 3.55. The van der Waals surface area contributed by atoms with Crippen LogP contribution in [-0.4, -0.2) is 17.1 Å². The molecule has 0 amide bonds. The molecule has 1 heterocycles. The summed E-state index contributed by atoms with van der Waals surface area (Å²) in [6.45, 7) is 6.48. The maximum atomic E-state index is 5.44. The minimum Gasteiger partial charge on any atom is -0.497 e. The van der Waals surface area contributed by atoms with Gasteiger partial charge in [0, 0.05) is 0 Å². The zero-order valence-electron chi connectivity index (χ0n) is 15.4. The third-order valence-corrected chi connectivity index (χ3v) is 5.75. The molecule has 0 fully saturated rings. The highest BCUT2D eigenvalue weighted by molar-refractivity contribution is 9.10. The first-order chi connectivity index (χ1) is 12.1. The van der Waals surface area contributed by atoms with Crippen LogP contribution >= 0.6 is 15.9 Å². The van der Waals surface area contributed by atoms with E-state index in [0.717, 1.165) is 53.2 Å². The lowest BCUT2D eigenvalue weighted by Crippen LogP contribution is -2.19. The van der Waals surface area contributed by atoms with E-state index in [1.54, 1.807) is 7.11 Å². The molecule has 0 saturated heterocycles. The molecule has 0 bridgehead atoms. The number of aryl methyl sites for hydroxylation is 2. The van der Waals surface area contributed by atoms with Gasteiger partial charge in [-0.15, -0.1) is 0 Å². The van der Waals surface area contributed by atoms with Crippen LogP contribution in [0.15, 0.2) is 22.8 Å². The molecule has 1 aromatic heterocycles. The first-order valence-electron chi connectivity index (χ1n) is 9.09. The van der Waals surface area contributed by atoms with E-state index in [-0.39, 0.29) is 6.04 Å². The molecule has 1 aromatic carbocycles. The molecule has 3 rings (SSSR count). The molecule has 5 heteroatoms. The Morgan fingerprint density at radius 1 is 1.16 bits per heavy atom. The van der Waals surface area contributed by atoms with Crippen LogP contribution in [0.5, 0.6) is 5.75 Å². The summed E-state index contributed by atoms with van der Waals surface area (Å²) in [7, 11) is 1.72. The third-order valence-electron chi connectivity index (χ3n) is 5.12. The van der Waals surface area contributed by atoms with Crippen LogP contribution < -0.4 is 10.1 Å². The molecule has 2 aromatic rings. The van der Waals surface area contributed by atoms with Crippen molar-refractivity contribution in [2.75, 3.05) is 12.4 Å². The fourth-order valence-electron chi connectivity index (χ4n) is 3.62. The molecule has 2 unspecified atom stereocenters. The van der Waals surface area contributed by atoms with Crippen molar-refractivity contribution in [2.45, 2.75) is 52.5 Å². The van der Waals surface area contributed by atoms with E-state index in [1.165, 1.54) is 11.1 Å². The normalized spacial score (nSPS) is 18.9. The fraction of sp³-hybridized carbons (Fsp3) is 0.500. The largest absolute Gasteiger partial charge is 0.497 e. The van der Waals surface area contributed by atoms with Crippen LogP contribution in [0.2, 0.25) is 0 Å². The summed E-state index contributed by atoms with van der Waals surface area (Å²) in [5.41, 5.74) is 4.74. The lowest BCUT2D eigenvalue weighted by molar-refractivity contribution is 0.413. The predicted molar refractivity (Wildman–Crippen MR) is 105 cm³/mol. The number of fused-ring (bicyclic) bond motifs is 1. The van der Waals surface area contributed by atoms with Gasteiger partial charge in [-0.05, 0) is 64.4 Å². The van der Waals surface area contributed by atoms with Crippen LogP contribution in [0.1, 0.15) is 55.7 Å². The summed E-state index contributed by atoms with van der Waals surface area (Å²) < 4.78 is 6.30. The van der Waals surface area contributed by atoms with Crippen molar-refractivity contribution in [3.05, 3.63) is 45.3 Å². The number of rotatable bonds is 6. The van der Waals surface area contributed by atoms with E-state index >= 15 is 0 Å². The van der Waals surface area contributed by atoms with E-state index in [0.29, 0.717) is 5.92 Å². The SMILES string of the molecule is CCc1nc(NC2c3cc(OC)ccc3CC2CC)c(CC)nc1Br. The van der Waals surface area contributed by atoms with Crippen LogP contribution in [0, 0.1) is 5.92 Å². The van der Waals surface area contributed by atoms with Crippen molar-refractivity contribution in [1.29, 1.82) is 0 Å². The average molecular weight is 404 g/mol. The number of anilines is 1. The number of ether oxygens (including phenoxy) is 1. The Morgan fingerprint density at radius 3 is 2.56 bits per heavy atom. The van der Waals surface area contributed by atoms with Crippen LogP contribution in [0.25, 0.3) is 0 Å². The van der Waals surface area contributed by atoms with Crippen molar-refractivity contribution in [2.24, 2.45) is 5.92 Å². The first-order valence-corrected chi connectivity index (χ1v) is 9.89. The zero-order chi connectivity index (χ0) is 18.0. The number of methoxy groups -OCH3 is 1. The molecule has 1 aliphatic rings. The highest BCUT2D eigenvalue weighted by Crippen LogP contribution is 2.41. The Hall–Kier alpha value is -1.62. The van der Waals surface area contributed by atoms with Crippen molar-refractivity contribution >= 4 is 21.7 Å². The van der Waals surface area contributed by atoms with Gasteiger partial charge in [-0.3, -0.25) is 0 Å². The van der Waals surface area contributed by atoms with Gasteiger partial charge in [0.25, 0.3) is 0 Å². The van der Waals surface area contributed by atoms with Crippen molar-refractivity contribution in [3.63, 3.8) is 0 Å². The molecule has 25 heavy (non-hydrogen) atoms. The molecule has 0 aliphatic heterocycles. The summed E-state index contributed by atoms with van der Waals surface area (Å²) in [6.07, 6.45) is 3.94. The molecule has 0 saturated carbocycles. The second-order valence-corrected chi connectivity index (χ2v) is 7.27. The quantitative estimate of drug-likeness (QED) is 0.727. The van der Waals surface area contributed by atoms with Crippen molar-refractivity contribution < 1.29 is 4.74 Å². The summed E-state index contributed by atoms with van der Waals surface area (Å²) in [5, 5.41) is 3.72. The Kier molecular flexibility index (Phi) is 5.62. The second kappa shape index (κ2) is 7.73. The maximum absolute atomic E-state index is 5.44. The van der Waals surface area contributed by atoms with Crippen LogP contribution in [0.4, 0.5) is 5.82 Å². The fourth-order valence-corrected chi connectivity index (χ4v) is 4.20. The topological polar surface area (TPSA) is 47.0 Å². The lowest BCUT2D eigenvalue weighted by atomic mass is 9.97. The Balaban J connectivity index is 1.99. The van der Waals surface area contributed by atoms with Gasteiger partial charge in [-0.2, -0.15) is 0 Å². The minimum atomic E-state index is 0.251. The zero-order valence-corrected chi connectivity index (χ0v) is 17.0. The first kappa shape index (κ1) is 18.2. The minimum absolute atomic E-state index is 0.251. The third kappa shape index (κ3) is 3.52.